The quantitative estimate of drug-likeness (QED) is 0.108. The SMILES string of the molecule is CC(C)N(Cc1cccc(C(=O)Nc2sc3c(c2C(=O)Nc2ccc(CCc4ccc(C(=O)O)cc4F)cc2)CCCC3)c1)C1CCC(C(=O)O)CC1. The number of carboxylic acids is 2. The summed E-state index contributed by atoms with van der Waals surface area (Å²) < 4.78 is 14.4. The van der Waals surface area contributed by atoms with Crippen LogP contribution in [0.2, 0.25) is 0 Å². The molecule has 11 heteroatoms. The summed E-state index contributed by atoms with van der Waals surface area (Å²) in [4.78, 5) is 53.7. The van der Waals surface area contributed by atoms with Crippen molar-refractivity contribution in [1.82, 2.24) is 4.90 Å². The highest BCUT2D eigenvalue weighted by atomic mass is 32.1. The largest absolute Gasteiger partial charge is 0.481 e. The number of aromatic carboxylic acids is 1. The molecule has 278 valence electrons. The van der Waals surface area contributed by atoms with Crippen molar-refractivity contribution in [3.05, 3.63) is 116 Å². The van der Waals surface area contributed by atoms with Crippen LogP contribution in [0.1, 0.15) is 111 Å². The standard InChI is InChI=1S/C42H46FN3O6S/c1-25(2)46(33-20-16-29(17-21-33)41(49)50)24-27-6-5-7-30(22-27)38(47)45-40-37(34-8-3-4-9-36(34)53-40)39(48)44-32-18-11-26(12-19-32)10-13-28-14-15-31(42(51)52)23-35(28)43/h5-7,11-12,14-15,18-19,22-23,25,29,33H,3-4,8-10,13,16-17,20-21,24H2,1-2H3,(H,44,48)(H,45,47)(H,49,50)(H,51,52). The van der Waals surface area contributed by atoms with Crippen molar-refractivity contribution in [3.63, 3.8) is 0 Å². The number of aliphatic carboxylic acids is 1. The fraction of sp³-hybridized carbons (Fsp3) is 0.381. The van der Waals surface area contributed by atoms with Gasteiger partial charge in [0.1, 0.15) is 10.8 Å². The summed E-state index contributed by atoms with van der Waals surface area (Å²) in [6.07, 6.45) is 7.58. The van der Waals surface area contributed by atoms with Gasteiger partial charge in [-0.1, -0.05) is 30.3 Å². The summed E-state index contributed by atoms with van der Waals surface area (Å²) in [5.41, 5.74) is 4.88. The van der Waals surface area contributed by atoms with Crippen molar-refractivity contribution in [3.8, 4) is 0 Å². The van der Waals surface area contributed by atoms with Gasteiger partial charge >= 0.3 is 11.9 Å². The van der Waals surface area contributed by atoms with Crippen LogP contribution in [0.4, 0.5) is 15.1 Å². The molecule has 0 spiro atoms. The van der Waals surface area contributed by atoms with E-state index in [4.69, 9.17) is 5.11 Å². The Bertz CT molecular complexity index is 1980. The van der Waals surface area contributed by atoms with E-state index in [1.807, 2.05) is 30.3 Å². The fourth-order valence-corrected chi connectivity index (χ4v) is 8.87. The normalized spacial score (nSPS) is 17.0. The van der Waals surface area contributed by atoms with Crippen molar-refractivity contribution in [2.75, 3.05) is 10.6 Å². The zero-order valence-corrected chi connectivity index (χ0v) is 30.9. The van der Waals surface area contributed by atoms with Crippen LogP contribution in [0, 0.1) is 11.7 Å². The van der Waals surface area contributed by atoms with E-state index in [9.17, 15) is 28.7 Å². The molecule has 53 heavy (non-hydrogen) atoms. The predicted molar refractivity (Wildman–Crippen MR) is 205 cm³/mol. The first-order chi connectivity index (χ1) is 25.5. The van der Waals surface area contributed by atoms with E-state index in [1.165, 1.54) is 23.5 Å². The molecule has 1 aromatic heterocycles. The molecule has 2 amide bonds. The first-order valence-electron chi connectivity index (χ1n) is 18.4. The number of amides is 2. The summed E-state index contributed by atoms with van der Waals surface area (Å²) in [6.45, 7) is 4.94. The number of nitrogens with one attached hydrogen (secondary N) is 2. The van der Waals surface area contributed by atoms with Gasteiger partial charge in [-0.15, -0.1) is 11.3 Å². The summed E-state index contributed by atoms with van der Waals surface area (Å²) in [5.74, 6) is -3.27. The second-order valence-corrected chi connectivity index (χ2v) is 15.5. The maximum absolute atomic E-state index is 14.4. The van der Waals surface area contributed by atoms with Crippen molar-refractivity contribution < 1.29 is 33.8 Å². The molecule has 0 radical (unpaired) electrons. The van der Waals surface area contributed by atoms with E-state index < -0.39 is 17.8 Å². The minimum absolute atomic E-state index is 0.0886. The maximum atomic E-state index is 14.4. The lowest BCUT2D eigenvalue weighted by Gasteiger charge is -2.38. The molecule has 2 aliphatic rings. The number of halogens is 1. The van der Waals surface area contributed by atoms with Gasteiger partial charge in [0.2, 0.25) is 0 Å². The summed E-state index contributed by atoms with van der Waals surface area (Å²) in [7, 11) is 0. The molecule has 3 aromatic carbocycles. The minimum Gasteiger partial charge on any atom is -0.481 e. The Kier molecular flexibility index (Phi) is 12.0. The number of aryl methyl sites for hydroxylation is 3. The third kappa shape index (κ3) is 9.20. The number of anilines is 2. The third-order valence-corrected chi connectivity index (χ3v) is 11.8. The number of rotatable bonds is 13. The number of thiophene rings is 1. The van der Waals surface area contributed by atoms with Crippen LogP contribution in [0.5, 0.6) is 0 Å². The Morgan fingerprint density at radius 3 is 2.25 bits per heavy atom. The highest BCUT2D eigenvalue weighted by Gasteiger charge is 2.31. The lowest BCUT2D eigenvalue weighted by atomic mass is 9.85. The fourth-order valence-electron chi connectivity index (χ4n) is 7.59. The van der Waals surface area contributed by atoms with Crippen LogP contribution in [-0.4, -0.2) is 50.9 Å². The van der Waals surface area contributed by atoms with E-state index in [1.54, 1.807) is 18.2 Å². The molecule has 0 saturated heterocycles. The predicted octanol–water partition coefficient (Wildman–Crippen LogP) is 8.61. The number of fused-ring (bicyclic) bond motifs is 1. The van der Waals surface area contributed by atoms with Gasteiger partial charge in [0, 0.05) is 34.8 Å². The Morgan fingerprint density at radius 1 is 0.830 bits per heavy atom. The van der Waals surface area contributed by atoms with E-state index >= 15 is 0 Å². The van der Waals surface area contributed by atoms with Crippen LogP contribution in [-0.2, 0) is 37.0 Å². The lowest BCUT2D eigenvalue weighted by molar-refractivity contribution is -0.143. The van der Waals surface area contributed by atoms with Gasteiger partial charge in [-0.3, -0.25) is 19.3 Å². The first-order valence-corrected chi connectivity index (χ1v) is 19.2. The molecule has 6 rings (SSSR count). The molecule has 1 saturated carbocycles. The number of carbonyl (C=O) groups excluding carboxylic acids is 2. The van der Waals surface area contributed by atoms with E-state index in [-0.39, 0.29) is 35.4 Å². The average molecular weight is 740 g/mol. The van der Waals surface area contributed by atoms with Gasteiger partial charge in [0.05, 0.1) is 17.0 Å². The van der Waals surface area contributed by atoms with Crippen molar-refractivity contribution in [2.24, 2.45) is 5.92 Å². The number of hydrogen-bond acceptors (Lipinski definition) is 6. The molecule has 2 aliphatic carbocycles. The summed E-state index contributed by atoms with van der Waals surface area (Å²) >= 11 is 1.47. The highest BCUT2D eigenvalue weighted by molar-refractivity contribution is 7.17. The van der Waals surface area contributed by atoms with Crippen molar-refractivity contribution in [2.45, 2.75) is 96.7 Å². The van der Waals surface area contributed by atoms with Crippen LogP contribution in [0.15, 0.2) is 66.7 Å². The Hall–Kier alpha value is -4.87. The van der Waals surface area contributed by atoms with Gasteiger partial charge in [0.15, 0.2) is 0 Å². The van der Waals surface area contributed by atoms with Gasteiger partial charge in [0.25, 0.3) is 11.8 Å². The third-order valence-electron chi connectivity index (χ3n) is 10.6. The molecule has 0 bridgehead atoms. The molecule has 9 nitrogen and oxygen atoms in total. The minimum atomic E-state index is -1.17. The summed E-state index contributed by atoms with van der Waals surface area (Å²) in [5, 5.41) is 25.2. The molecule has 4 N–H and O–H groups in total. The number of benzene rings is 3. The molecular weight excluding hydrogens is 694 g/mol. The second-order valence-electron chi connectivity index (χ2n) is 14.4. The lowest BCUT2D eigenvalue weighted by Crippen LogP contribution is -2.42. The average Bonchev–Trinajstić information content (AvgIpc) is 3.51. The van der Waals surface area contributed by atoms with E-state index in [0.717, 1.165) is 66.2 Å². The van der Waals surface area contributed by atoms with E-state index in [0.29, 0.717) is 59.6 Å². The molecule has 0 atom stereocenters. The molecule has 1 heterocycles. The Morgan fingerprint density at radius 2 is 1.57 bits per heavy atom. The number of nitrogens with zero attached hydrogens (tertiary/aromatic N) is 1. The van der Waals surface area contributed by atoms with Gasteiger partial charge in [-0.2, -0.15) is 0 Å². The zero-order valence-electron chi connectivity index (χ0n) is 30.1. The molecule has 0 unspecified atom stereocenters. The maximum Gasteiger partial charge on any atom is 0.335 e. The molecule has 4 aromatic rings. The molecule has 1 fully saturated rings. The summed E-state index contributed by atoms with van der Waals surface area (Å²) in [6, 6.07) is 19.4. The Labute approximate surface area is 313 Å². The van der Waals surface area contributed by atoms with Crippen LogP contribution in [0.3, 0.4) is 0 Å². The monoisotopic (exact) mass is 739 g/mol. The number of hydrogen-bond donors (Lipinski definition) is 4. The Balaban J connectivity index is 1.12. The van der Waals surface area contributed by atoms with Gasteiger partial charge in [-0.05, 0) is 137 Å². The number of carbonyl (C=O) groups is 4. The van der Waals surface area contributed by atoms with Crippen molar-refractivity contribution >= 4 is 45.8 Å². The van der Waals surface area contributed by atoms with E-state index in [2.05, 4.69) is 29.4 Å². The van der Waals surface area contributed by atoms with Crippen molar-refractivity contribution in [1.29, 1.82) is 0 Å². The topological polar surface area (TPSA) is 136 Å². The van der Waals surface area contributed by atoms with Gasteiger partial charge < -0.3 is 20.8 Å². The van der Waals surface area contributed by atoms with Crippen LogP contribution >= 0.6 is 11.3 Å². The zero-order chi connectivity index (χ0) is 37.6. The first kappa shape index (κ1) is 37.9. The molecule has 0 aliphatic heterocycles. The van der Waals surface area contributed by atoms with Gasteiger partial charge in [-0.25, -0.2) is 9.18 Å². The van der Waals surface area contributed by atoms with Crippen LogP contribution in [0.25, 0.3) is 0 Å². The van der Waals surface area contributed by atoms with Crippen LogP contribution < -0.4 is 10.6 Å². The highest BCUT2D eigenvalue weighted by Crippen LogP contribution is 2.39. The second kappa shape index (κ2) is 16.9. The number of carboxylic acid groups (broad SMARTS) is 2. The smallest absolute Gasteiger partial charge is 0.335 e. The molecular formula is C42H46FN3O6S.